The monoisotopic (exact) mass is 338 g/mol. The van der Waals surface area contributed by atoms with E-state index in [1.165, 1.54) is 6.92 Å². The van der Waals surface area contributed by atoms with Gasteiger partial charge in [-0.05, 0) is 13.8 Å². The van der Waals surface area contributed by atoms with Crippen LogP contribution in [-0.2, 0) is 4.79 Å². The van der Waals surface area contributed by atoms with Gasteiger partial charge in [0, 0.05) is 6.42 Å². The van der Waals surface area contributed by atoms with Gasteiger partial charge in [-0.25, -0.2) is 9.78 Å². The van der Waals surface area contributed by atoms with Crippen molar-refractivity contribution in [2.45, 2.75) is 46.3 Å². The first-order valence-electron chi connectivity index (χ1n) is 6.42. The van der Waals surface area contributed by atoms with Gasteiger partial charge in [0.2, 0.25) is 5.91 Å². The Labute approximate surface area is 129 Å². The number of halogens is 3. The number of alkyl halides is 3. The van der Waals surface area contributed by atoms with Gasteiger partial charge >= 0.3 is 12.1 Å². The lowest BCUT2D eigenvalue weighted by Crippen LogP contribution is -2.38. The minimum Gasteiger partial charge on any atom is -0.477 e. The fourth-order valence-corrected chi connectivity index (χ4v) is 2.56. The Morgan fingerprint density at radius 2 is 1.91 bits per heavy atom. The number of carboxylic acid groups (broad SMARTS) is 1. The predicted octanol–water partition coefficient (Wildman–Crippen LogP) is 3.31. The van der Waals surface area contributed by atoms with E-state index >= 15 is 0 Å². The molecule has 0 spiro atoms. The van der Waals surface area contributed by atoms with E-state index in [1.54, 1.807) is 6.92 Å². The van der Waals surface area contributed by atoms with Crippen molar-refractivity contribution in [3.63, 3.8) is 0 Å². The molecule has 1 rings (SSSR count). The first-order chi connectivity index (χ1) is 9.85. The average Bonchev–Trinajstić information content (AvgIpc) is 2.68. The van der Waals surface area contributed by atoms with Gasteiger partial charge in [-0.2, -0.15) is 13.2 Å². The van der Waals surface area contributed by atoms with Crippen molar-refractivity contribution < 1.29 is 27.9 Å². The van der Waals surface area contributed by atoms with E-state index in [9.17, 15) is 22.8 Å². The molecular weight excluding hydrogens is 321 g/mol. The third-order valence-corrected chi connectivity index (χ3v) is 4.45. The molecule has 1 aromatic rings. The molecule has 1 atom stereocenters. The molecular formula is C13H17F3N2O3S. The molecule has 0 aliphatic heterocycles. The lowest BCUT2D eigenvalue weighted by Gasteiger charge is -2.27. The largest absolute Gasteiger partial charge is 0.477 e. The van der Waals surface area contributed by atoms with Gasteiger partial charge in [-0.1, -0.05) is 13.8 Å². The molecule has 0 saturated heterocycles. The summed E-state index contributed by atoms with van der Waals surface area (Å²) in [4.78, 5) is 26.8. The summed E-state index contributed by atoms with van der Waals surface area (Å²) < 4.78 is 38.2. The summed E-state index contributed by atoms with van der Waals surface area (Å²) in [7, 11) is 0. The SMILES string of the molecule is Cc1nc(C(C)NC(=O)CC(C)(C)C(F)(F)F)sc1C(=O)O. The number of carboxylic acids is 1. The molecule has 0 fully saturated rings. The van der Waals surface area contributed by atoms with E-state index in [1.807, 2.05) is 0 Å². The molecule has 1 amide bonds. The predicted molar refractivity (Wildman–Crippen MR) is 74.8 cm³/mol. The van der Waals surface area contributed by atoms with Crippen LogP contribution in [-0.4, -0.2) is 28.1 Å². The van der Waals surface area contributed by atoms with Crippen LogP contribution in [0.2, 0.25) is 0 Å². The Morgan fingerprint density at radius 3 is 2.32 bits per heavy atom. The number of thiazole rings is 1. The van der Waals surface area contributed by atoms with Gasteiger partial charge in [0.15, 0.2) is 0 Å². The molecule has 0 aliphatic carbocycles. The third-order valence-electron chi connectivity index (χ3n) is 3.13. The highest BCUT2D eigenvalue weighted by Crippen LogP contribution is 2.40. The molecule has 124 valence electrons. The molecule has 22 heavy (non-hydrogen) atoms. The maximum absolute atomic E-state index is 12.7. The summed E-state index contributed by atoms with van der Waals surface area (Å²) in [6.45, 7) is 4.97. The molecule has 0 aliphatic rings. The van der Waals surface area contributed by atoms with Gasteiger partial charge in [0.05, 0.1) is 17.2 Å². The van der Waals surface area contributed by atoms with Crippen molar-refractivity contribution in [1.82, 2.24) is 10.3 Å². The number of carbonyl (C=O) groups excluding carboxylic acids is 1. The zero-order valence-corrected chi connectivity index (χ0v) is 13.4. The van der Waals surface area contributed by atoms with Gasteiger partial charge in [-0.15, -0.1) is 11.3 Å². The van der Waals surface area contributed by atoms with Gasteiger partial charge < -0.3 is 10.4 Å². The van der Waals surface area contributed by atoms with Crippen molar-refractivity contribution >= 4 is 23.2 Å². The lowest BCUT2D eigenvalue weighted by molar-refractivity contribution is -0.213. The smallest absolute Gasteiger partial charge is 0.394 e. The van der Waals surface area contributed by atoms with Crippen molar-refractivity contribution in [3.8, 4) is 0 Å². The lowest BCUT2D eigenvalue weighted by atomic mass is 9.88. The number of amides is 1. The number of aromatic nitrogens is 1. The standard InChI is InChI=1S/C13H17F3N2O3S/c1-6-9(11(20)21)22-10(18-6)7(2)17-8(19)5-12(3,4)13(14,15)16/h7H,5H2,1-4H3,(H,17,19)(H,20,21). The van der Waals surface area contributed by atoms with Gasteiger partial charge in [-0.3, -0.25) is 4.79 Å². The minimum absolute atomic E-state index is 0.0479. The second-order valence-electron chi connectivity index (χ2n) is 5.62. The van der Waals surface area contributed by atoms with Crippen LogP contribution in [0.5, 0.6) is 0 Å². The van der Waals surface area contributed by atoms with E-state index in [0.717, 1.165) is 25.2 Å². The number of hydrogen-bond donors (Lipinski definition) is 2. The highest BCUT2D eigenvalue weighted by atomic mass is 32.1. The Kier molecular flexibility index (Phi) is 5.21. The maximum Gasteiger partial charge on any atom is 0.394 e. The number of aryl methyl sites for hydroxylation is 1. The Bertz CT molecular complexity index is 582. The van der Waals surface area contributed by atoms with Gasteiger partial charge in [0.1, 0.15) is 9.88 Å². The fourth-order valence-electron chi connectivity index (χ4n) is 1.66. The Morgan fingerprint density at radius 1 is 1.36 bits per heavy atom. The molecule has 0 radical (unpaired) electrons. The molecule has 0 saturated carbocycles. The topological polar surface area (TPSA) is 79.3 Å². The highest BCUT2D eigenvalue weighted by molar-refractivity contribution is 7.13. The number of nitrogens with one attached hydrogen (secondary N) is 1. The fraction of sp³-hybridized carbons (Fsp3) is 0.615. The van der Waals surface area contributed by atoms with E-state index in [2.05, 4.69) is 10.3 Å². The number of aromatic carboxylic acids is 1. The number of nitrogens with zero attached hydrogens (tertiary/aromatic N) is 1. The molecule has 1 unspecified atom stereocenters. The van der Waals surface area contributed by atoms with E-state index < -0.39 is 35.9 Å². The molecule has 0 bridgehead atoms. The quantitative estimate of drug-likeness (QED) is 0.863. The average molecular weight is 338 g/mol. The Balaban J connectivity index is 2.77. The summed E-state index contributed by atoms with van der Waals surface area (Å²) in [5.41, 5.74) is -1.83. The van der Waals surface area contributed by atoms with Crippen LogP contribution in [0.4, 0.5) is 13.2 Å². The van der Waals surface area contributed by atoms with Crippen LogP contribution >= 0.6 is 11.3 Å². The van der Waals surface area contributed by atoms with Crippen LogP contribution in [0.1, 0.15) is 53.6 Å². The number of rotatable bonds is 5. The van der Waals surface area contributed by atoms with E-state index in [-0.39, 0.29) is 4.88 Å². The summed E-state index contributed by atoms with van der Waals surface area (Å²) in [6.07, 6.45) is -5.20. The summed E-state index contributed by atoms with van der Waals surface area (Å²) in [6, 6.07) is -0.659. The summed E-state index contributed by atoms with van der Waals surface area (Å²) in [5, 5.41) is 11.7. The molecule has 1 aromatic heterocycles. The second kappa shape index (κ2) is 6.23. The van der Waals surface area contributed by atoms with Crippen molar-refractivity contribution in [3.05, 3.63) is 15.6 Å². The van der Waals surface area contributed by atoms with Crippen molar-refractivity contribution in [2.24, 2.45) is 5.41 Å². The van der Waals surface area contributed by atoms with Gasteiger partial charge in [0.25, 0.3) is 0 Å². The molecule has 1 heterocycles. The van der Waals surface area contributed by atoms with Crippen LogP contribution in [0.3, 0.4) is 0 Å². The zero-order chi connectivity index (χ0) is 17.3. The van der Waals surface area contributed by atoms with Crippen LogP contribution in [0.15, 0.2) is 0 Å². The number of hydrogen-bond acceptors (Lipinski definition) is 4. The highest BCUT2D eigenvalue weighted by Gasteiger charge is 2.48. The first kappa shape index (κ1) is 18.4. The van der Waals surface area contributed by atoms with Crippen molar-refractivity contribution in [2.75, 3.05) is 0 Å². The van der Waals surface area contributed by atoms with E-state index in [0.29, 0.717) is 10.7 Å². The van der Waals surface area contributed by atoms with Crippen LogP contribution in [0, 0.1) is 12.3 Å². The molecule has 0 aromatic carbocycles. The molecule has 5 nitrogen and oxygen atoms in total. The third kappa shape index (κ3) is 4.19. The number of carbonyl (C=O) groups is 2. The van der Waals surface area contributed by atoms with E-state index in [4.69, 9.17) is 5.11 Å². The summed E-state index contributed by atoms with van der Waals surface area (Å²) >= 11 is 0.894. The zero-order valence-electron chi connectivity index (χ0n) is 12.5. The second-order valence-corrected chi connectivity index (χ2v) is 6.65. The molecule has 2 N–H and O–H groups in total. The van der Waals surface area contributed by atoms with Crippen LogP contribution in [0.25, 0.3) is 0 Å². The Hall–Kier alpha value is -1.64. The maximum atomic E-state index is 12.7. The van der Waals surface area contributed by atoms with Crippen molar-refractivity contribution in [1.29, 1.82) is 0 Å². The minimum atomic E-state index is -4.48. The molecule has 9 heteroatoms. The first-order valence-corrected chi connectivity index (χ1v) is 7.23. The summed E-state index contributed by atoms with van der Waals surface area (Å²) in [5.74, 6) is -1.89. The van der Waals surface area contributed by atoms with Crippen LogP contribution < -0.4 is 5.32 Å². The normalized spacial score (nSPS) is 13.8.